The molecule has 7 nitrogen and oxygen atoms in total. The van der Waals surface area contributed by atoms with Gasteiger partial charge in [0.15, 0.2) is 0 Å². The van der Waals surface area contributed by atoms with Crippen molar-refractivity contribution in [1.82, 2.24) is 25.1 Å². The van der Waals surface area contributed by atoms with Crippen LogP contribution in [0.25, 0.3) is 0 Å². The van der Waals surface area contributed by atoms with E-state index in [1.165, 1.54) is 6.20 Å². The molecular weight excluding hydrogens is 361 g/mol. The second kappa shape index (κ2) is 5.93. The average Bonchev–Trinajstić information content (AvgIpc) is 3.31. The molecule has 2 N–H and O–H groups in total. The second-order valence-corrected chi connectivity index (χ2v) is 7.22. The van der Waals surface area contributed by atoms with E-state index < -0.39 is 17.3 Å². The zero-order chi connectivity index (χ0) is 19.4. The molecule has 2 aromatic heterocycles. The third kappa shape index (κ3) is 3.02. The van der Waals surface area contributed by atoms with E-state index in [1.54, 1.807) is 18.5 Å². The van der Waals surface area contributed by atoms with Gasteiger partial charge in [-0.25, -0.2) is 9.97 Å². The minimum Gasteiger partial charge on any atom is -0.354 e. The predicted molar refractivity (Wildman–Crippen MR) is 90.5 cm³/mol. The van der Waals surface area contributed by atoms with Crippen LogP contribution < -0.4 is 10.6 Å². The number of hydrogen-bond acceptors (Lipinski definition) is 5. The topological polar surface area (TPSA) is 84.7 Å². The highest BCUT2D eigenvalue weighted by molar-refractivity contribution is 5.86. The van der Waals surface area contributed by atoms with Crippen molar-refractivity contribution < 1.29 is 18.0 Å². The molecule has 0 radical (unpaired) electrons. The molecule has 1 aliphatic carbocycles. The molecule has 1 aliphatic heterocycles. The van der Waals surface area contributed by atoms with E-state index in [-0.39, 0.29) is 23.5 Å². The lowest BCUT2D eigenvalue weighted by atomic mass is 10.0. The summed E-state index contributed by atoms with van der Waals surface area (Å²) in [5, 5.41) is 10.0. The molecule has 144 valence electrons. The fourth-order valence-corrected chi connectivity index (χ4v) is 3.42. The molecule has 10 heteroatoms. The lowest BCUT2D eigenvalue weighted by molar-refractivity contribution is -0.138. The zero-order valence-electron chi connectivity index (χ0n) is 14.9. The van der Waals surface area contributed by atoms with Crippen LogP contribution in [0.5, 0.6) is 0 Å². The molecule has 1 amide bonds. The zero-order valence-corrected chi connectivity index (χ0v) is 14.9. The quantitative estimate of drug-likeness (QED) is 0.852. The standard InChI is InChI=1S/C17H19F3N6O/c1-9-12(8-23-26(9)16(2)5-6-21-14(16)27)24-15-22-7-11(17(18,19)20)13(25-15)10-3-4-10/h7-8,10H,3-6H2,1-2H3,(H,21,27)(H,22,24,25). The Kier molecular flexibility index (Phi) is 3.90. The van der Waals surface area contributed by atoms with Crippen molar-refractivity contribution in [3.8, 4) is 0 Å². The summed E-state index contributed by atoms with van der Waals surface area (Å²) in [4.78, 5) is 20.1. The lowest BCUT2D eigenvalue weighted by Crippen LogP contribution is -2.39. The molecule has 0 bridgehead atoms. The van der Waals surface area contributed by atoms with Gasteiger partial charge in [-0.2, -0.15) is 18.3 Å². The molecule has 2 aromatic rings. The first-order chi connectivity index (χ1) is 12.7. The number of halogens is 3. The molecule has 3 heterocycles. The van der Waals surface area contributed by atoms with Gasteiger partial charge in [-0.3, -0.25) is 9.48 Å². The maximum absolute atomic E-state index is 13.2. The summed E-state index contributed by atoms with van der Waals surface area (Å²) in [6.45, 7) is 4.17. The highest BCUT2D eigenvalue weighted by Gasteiger charge is 2.42. The maximum Gasteiger partial charge on any atom is 0.419 e. The third-order valence-electron chi connectivity index (χ3n) is 5.20. The van der Waals surface area contributed by atoms with Gasteiger partial charge in [-0.05, 0) is 33.1 Å². The van der Waals surface area contributed by atoms with Crippen LogP contribution in [0.1, 0.15) is 49.1 Å². The lowest BCUT2D eigenvalue weighted by Gasteiger charge is -2.23. The van der Waals surface area contributed by atoms with Crippen molar-refractivity contribution in [3.05, 3.63) is 29.3 Å². The van der Waals surface area contributed by atoms with Crippen LogP contribution in [-0.4, -0.2) is 32.2 Å². The van der Waals surface area contributed by atoms with E-state index in [9.17, 15) is 18.0 Å². The molecule has 0 spiro atoms. The predicted octanol–water partition coefficient (Wildman–Crippen LogP) is 2.86. The Morgan fingerprint density at radius 3 is 2.67 bits per heavy atom. The van der Waals surface area contributed by atoms with E-state index in [1.807, 2.05) is 0 Å². The van der Waals surface area contributed by atoms with Crippen LogP contribution >= 0.6 is 0 Å². The Balaban J connectivity index is 1.64. The molecule has 0 aromatic carbocycles. The molecule has 1 saturated carbocycles. The molecule has 1 saturated heterocycles. The van der Waals surface area contributed by atoms with Gasteiger partial charge in [0, 0.05) is 18.7 Å². The molecular formula is C17H19F3N6O. The van der Waals surface area contributed by atoms with E-state index in [2.05, 4.69) is 25.7 Å². The van der Waals surface area contributed by atoms with Crippen LogP contribution in [-0.2, 0) is 16.5 Å². The van der Waals surface area contributed by atoms with Crippen LogP contribution in [0.15, 0.2) is 12.4 Å². The summed E-state index contributed by atoms with van der Waals surface area (Å²) in [6.07, 6.45) is -0.107. The van der Waals surface area contributed by atoms with Gasteiger partial charge in [0.25, 0.3) is 0 Å². The summed E-state index contributed by atoms with van der Waals surface area (Å²) >= 11 is 0. The van der Waals surface area contributed by atoms with E-state index >= 15 is 0 Å². The van der Waals surface area contributed by atoms with E-state index in [4.69, 9.17) is 0 Å². The molecule has 2 aliphatic rings. The number of carbonyl (C=O) groups is 1. The minimum absolute atomic E-state index is 0.0344. The van der Waals surface area contributed by atoms with Crippen LogP contribution in [0.2, 0.25) is 0 Å². The summed E-state index contributed by atoms with van der Waals surface area (Å²) in [5.41, 5.74) is -0.293. The number of anilines is 2. The van der Waals surface area contributed by atoms with Crippen molar-refractivity contribution in [2.75, 3.05) is 11.9 Å². The highest BCUT2D eigenvalue weighted by atomic mass is 19.4. The van der Waals surface area contributed by atoms with Gasteiger partial charge < -0.3 is 10.6 Å². The number of carbonyl (C=O) groups excluding carboxylic acids is 1. The minimum atomic E-state index is -4.47. The number of nitrogens with one attached hydrogen (secondary N) is 2. The first kappa shape index (κ1) is 17.7. The van der Waals surface area contributed by atoms with Crippen molar-refractivity contribution in [2.45, 2.75) is 50.7 Å². The normalized spacial score (nSPS) is 22.8. The van der Waals surface area contributed by atoms with Gasteiger partial charge in [0.1, 0.15) is 5.54 Å². The average molecular weight is 380 g/mol. The van der Waals surface area contributed by atoms with Crippen LogP contribution in [0, 0.1) is 6.92 Å². The number of hydrogen-bond donors (Lipinski definition) is 2. The molecule has 1 unspecified atom stereocenters. The van der Waals surface area contributed by atoms with Crippen molar-refractivity contribution in [3.63, 3.8) is 0 Å². The fraction of sp³-hybridized carbons (Fsp3) is 0.529. The smallest absolute Gasteiger partial charge is 0.354 e. The number of alkyl halides is 3. The molecule has 27 heavy (non-hydrogen) atoms. The van der Waals surface area contributed by atoms with Gasteiger partial charge in [-0.15, -0.1) is 0 Å². The van der Waals surface area contributed by atoms with E-state index in [0.717, 1.165) is 6.20 Å². The number of aromatic nitrogens is 4. The molecule has 4 rings (SSSR count). The molecule has 1 atom stereocenters. The number of nitrogens with zero attached hydrogens (tertiary/aromatic N) is 4. The Labute approximate surface area is 153 Å². The Morgan fingerprint density at radius 2 is 2.07 bits per heavy atom. The number of amides is 1. The first-order valence-electron chi connectivity index (χ1n) is 8.75. The fourth-order valence-electron chi connectivity index (χ4n) is 3.42. The summed E-state index contributed by atoms with van der Waals surface area (Å²) in [7, 11) is 0. The van der Waals surface area contributed by atoms with Crippen molar-refractivity contribution in [1.29, 1.82) is 0 Å². The second-order valence-electron chi connectivity index (χ2n) is 7.22. The Hall–Kier alpha value is -2.65. The van der Waals surface area contributed by atoms with E-state index in [0.29, 0.717) is 37.2 Å². The van der Waals surface area contributed by atoms with Gasteiger partial charge in [0.2, 0.25) is 11.9 Å². The Bertz CT molecular complexity index is 905. The van der Waals surface area contributed by atoms with Crippen molar-refractivity contribution >= 4 is 17.5 Å². The monoisotopic (exact) mass is 380 g/mol. The van der Waals surface area contributed by atoms with Gasteiger partial charge >= 0.3 is 6.18 Å². The Morgan fingerprint density at radius 1 is 1.33 bits per heavy atom. The maximum atomic E-state index is 13.2. The van der Waals surface area contributed by atoms with Crippen molar-refractivity contribution in [2.24, 2.45) is 0 Å². The van der Waals surface area contributed by atoms with Gasteiger partial charge in [0.05, 0.1) is 28.8 Å². The highest BCUT2D eigenvalue weighted by Crippen LogP contribution is 2.45. The largest absolute Gasteiger partial charge is 0.419 e. The van der Waals surface area contributed by atoms with Crippen LogP contribution in [0.3, 0.4) is 0 Å². The number of rotatable bonds is 4. The summed E-state index contributed by atoms with van der Waals surface area (Å²) in [5.74, 6) is -0.189. The SMILES string of the molecule is Cc1c(Nc2ncc(C(F)(F)F)c(C3CC3)n2)cnn1C1(C)CCNC1=O. The molecule has 2 fully saturated rings. The van der Waals surface area contributed by atoms with Gasteiger partial charge in [-0.1, -0.05) is 0 Å². The summed E-state index contributed by atoms with van der Waals surface area (Å²) < 4.78 is 41.1. The first-order valence-corrected chi connectivity index (χ1v) is 8.75. The van der Waals surface area contributed by atoms with Crippen LogP contribution in [0.4, 0.5) is 24.8 Å². The summed E-state index contributed by atoms with van der Waals surface area (Å²) in [6, 6.07) is 0. The third-order valence-corrected chi connectivity index (χ3v) is 5.20.